The van der Waals surface area contributed by atoms with Crippen LogP contribution in [-0.2, 0) is 9.84 Å². The predicted molar refractivity (Wildman–Crippen MR) is 84.9 cm³/mol. The number of aliphatic hydroxyl groups is 1. The molecule has 124 valence electrons. The average Bonchev–Trinajstić information content (AvgIpc) is 2.47. The summed E-state index contributed by atoms with van der Waals surface area (Å²) < 4.78 is 36.9. The second kappa shape index (κ2) is 7.06. The molecule has 0 amide bonds. The van der Waals surface area contributed by atoms with Crippen LogP contribution in [0.4, 0.5) is 4.39 Å². The number of halogens is 1. The SMILES string of the molecule is CN(CC(O)c1ccc(F)cc1)C1CCCCC1S(C)(=O)=O. The molecular formula is C16H24FNO3S. The van der Waals surface area contributed by atoms with E-state index in [-0.39, 0.29) is 17.1 Å². The molecule has 22 heavy (non-hydrogen) atoms. The van der Waals surface area contributed by atoms with Crippen LogP contribution in [0.1, 0.15) is 37.4 Å². The van der Waals surface area contributed by atoms with E-state index in [0.29, 0.717) is 18.5 Å². The number of nitrogens with zero attached hydrogens (tertiary/aromatic N) is 1. The van der Waals surface area contributed by atoms with Gasteiger partial charge in [0, 0.05) is 18.8 Å². The van der Waals surface area contributed by atoms with Crippen molar-refractivity contribution < 1.29 is 17.9 Å². The van der Waals surface area contributed by atoms with Gasteiger partial charge in [0.2, 0.25) is 0 Å². The summed E-state index contributed by atoms with van der Waals surface area (Å²) in [6.45, 7) is 0.336. The lowest BCUT2D eigenvalue weighted by molar-refractivity contribution is 0.0925. The first kappa shape index (κ1) is 17.4. The third kappa shape index (κ3) is 4.27. The maximum atomic E-state index is 12.9. The lowest BCUT2D eigenvalue weighted by atomic mass is 9.93. The maximum absolute atomic E-state index is 12.9. The van der Waals surface area contributed by atoms with Gasteiger partial charge >= 0.3 is 0 Å². The molecule has 1 fully saturated rings. The van der Waals surface area contributed by atoms with Crippen molar-refractivity contribution in [1.82, 2.24) is 4.90 Å². The monoisotopic (exact) mass is 329 g/mol. The normalized spacial score (nSPS) is 24.4. The molecule has 0 spiro atoms. The molecule has 1 N–H and O–H groups in total. The fourth-order valence-corrected chi connectivity index (χ4v) is 4.79. The van der Waals surface area contributed by atoms with Crippen LogP contribution in [0.3, 0.4) is 0 Å². The fraction of sp³-hybridized carbons (Fsp3) is 0.625. The summed E-state index contributed by atoms with van der Waals surface area (Å²) in [5.74, 6) is -0.339. The van der Waals surface area contributed by atoms with Gasteiger partial charge in [-0.3, -0.25) is 4.90 Å². The molecule has 0 aromatic heterocycles. The Morgan fingerprint density at radius 3 is 2.45 bits per heavy atom. The fourth-order valence-electron chi connectivity index (χ4n) is 3.28. The van der Waals surface area contributed by atoms with E-state index in [1.165, 1.54) is 18.4 Å². The summed E-state index contributed by atoms with van der Waals surface area (Å²) in [4.78, 5) is 1.93. The molecular weight excluding hydrogens is 305 g/mol. The molecule has 1 aliphatic rings. The van der Waals surface area contributed by atoms with Gasteiger partial charge in [0.1, 0.15) is 5.82 Å². The van der Waals surface area contributed by atoms with Crippen molar-refractivity contribution in [3.63, 3.8) is 0 Å². The highest BCUT2D eigenvalue weighted by atomic mass is 32.2. The van der Waals surface area contributed by atoms with Gasteiger partial charge in [0.05, 0.1) is 11.4 Å². The van der Waals surface area contributed by atoms with Gasteiger partial charge in [-0.05, 0) is 37.6 Å². The lowest BCUT2D eigenvalue weighted by Crippen LogP contribution is -2.48. The molecule has 2 rings (SSSR count). The van der Waals surface area contributed by atoms with Crippen molar-refractivity contribution in [1.29, 1.82) is 0 Å². The topological polar surface area (TPSA) is 57.6 Å². The van der Waals surface area contributed by atoms with Crippen molar-refractivity contribution >= 4 is 9.84 Å². The minimum Gasteiger partial charge on any atom is -0.387 e. The lowest BCUT2D eigenvalue weighted by Gasteiger charge is -2.37. The Labute approximate surface area is 131 Å². The molecule has 0 heterocycles. The number of aliphatic hydroxyl groups excluding tert-OH is 1. The molecule has 0 aliphatic heterocycles. The van der Waals surface area contributed by atoms with Gasteiger partial charge in [0.15, 0.2) is 9.84 Å². The standard InChI is InChI=1S/C16H24FNO3S/c1-18(11-15(19)12-7-9-13(17)10-8-12)14-5-3-4-6-16(14)22(2,20)21/h7-10,14-16,19H,3-6,11H2,1-2H3. The van der Waals surface area contributed by atoms with Crippen LogP contribution in [0.15, 0.2) is 24.3 Å². The quantitative estimate of drug-likeness (QED) is 0.899. The molecule has 6 heteroatoms. The first-order chi connectivity index (χ1) is 10.3. The van der Waals surface area contributed by atoms with Crippen molar-refractivity contribution in [3.05, 3.63) is 35.6 Å². The van der Waals surface area contributed by atoms with E-state index in [4.69, 9.17) is 0 Å². The minimum absolute atomic E-state index is 0.0705. The molecule has 1 aromatic rings. The van der Waals surface area contributed by atoms with E-state index in [2.05, 4.69) is 0 Å². The predicted octanol–water partition coefficient (Wildman–Crippen LogP) is 2.15. The molecule has 0 radical (unpaired) electrons. The first-order valence-corrected chi connectivity index (χ1v) is 9.57. The number of sulfone groups is 1. The van der Waals surface area contributed by atoms with Gasteiger partial charge < -0.3 is 5.11 Å². The zero-order chi connectivity index (χ0) is 16.3. The van der Waals surface area contributed by atoms with Crippen molar-refractivity contribution in [2.75, 3.05) is 19.8 Å². The van der Waals surface area contributed by atoms with E-state index >= 15 is 0 Å². The number of hydrogen-bond acceptors (Lipinski definition) is 4. The molecule has 3 atom stereocenters. The van der Waals surface area contributed by atoms with Crippen LogP contribution in [0, 0.1) is 5.82 Å². The smallest absolute Gasteiger partial charge is 0.151 e. The molecule has 1 saturated carbocycles. The van der Waals surface area contributed by atoms with Gasteiger partial charge in [-0.15, -0.1) is 0 Å². The van der Waals surface area contributed by atoms with Crippen LogP contribution in [0.25, 0.3) is 0 Å². The molecule has 1 aliphatic carbocycles. The molecule has 0 saturated heterocycles. The van der Waals surface area contributed by atoms with Gasteiger partial charge in [0.25, 0.3) is 0 Å². The van der Waals surface area contributed by atoms with Crippen molar-refractivity contribution in [2.24, 2.45) is 0 Å². The minimum atomic E-state index is -3.10. The van der Waals surface area contributed by atoms with E-state index in [1.54, 1.807) is 12.1 Å². The van der Waals surface area contributed by atoms with E-state index in [9.17, 15) is 17.9 Å². The molecule has 1 aromatic carbocycles. The van der Waals surface area contributed by atoms with Crippen molar-refractivity contribution in [2.45, 2.75) is 43.1 Å². The van der Waals surface area contributed by atoms with Crippen LogP contribution >= 0.6 is 0 Å². The van der Waals surface area contributed by atoms with Crippen LogP contribution in [-0.4, -0.2) is 49.6 Å². The van der Waals surface area contributed by atoms with Crippen LogP contribution in [0.2, 0.25) is 0 Å². The van der Waals surface area contributed by atoms with Crippen molar-refractivity contribution in [3.8, 4) is 0 Å². The number of likely N-dealkylation sites (N-methyl/N-ethyl adjacent to an activating group) is 1. The number of hydrogen-bond donors (Lipinski definition) is 1. The van der Waals surface area contributed by atoms with E-state index in [1.807, 2.05) is 11.9 Å². The highest BCUT2D eigenvalue weighted by Crippen LogP contribution is 2.28. The first-order valence-electron chi connectivity index (χ1n) is 7.61. The van der Waals surface area contributed by atoms with E-state index in [0.717, 1.165) is 19.3 Å². The Bertz CT molecular complexity index is 588. The number of benzene rings is 1. The van der Waals surface area contributed by atoms with Crippen LogP contribution < -0.4 is 0 Å². The van der Waals surface area contributed by atoms with Gasteiger partial charge in [-0.1, -0.05) is 25.0 Å². The summed E-state index contributed by atoms with van der Waals surface area (Å²) in [5.41, 5.74) is 0.639. The highest BCUT2D eigenvalue weighted by Gasteiger charge is 2.35. The summed E-state index contributed by atoms with van der Waals surface area (Å²) in [7, 11) is -1.25. The molecule has 3 unspecified atom stereocenters. The summed E-state index contributed by atoms with van der Waals surface area (Å²) >= 11 is 0. The van der Waals surface area contributed by atoms with Gasteiger partial charge in [-0.2, -0.15) is 0 Å². The third-order valence-electron chi connectivity index (χ3n) is 4.50. The maximum Gasteiger partial charge on any atom is 0.151 e. The van der Waals surface area contributed by atoms with E-state index < -0.39 is 15.9 Å². The third-order valence-corrected chi connectivity index (χ3v) is 6.15. The second-order valence-corrected chi connectivity index (χ2v) is 8.49. The van der Waals surface area contributed by atoms with Gasteiger partial charge in [-0.25, -0.2) is 12.8 Å². The Hall–Kier alpha value is -0.980. The number of rotatable bonds is 5. The summed E-state index contributed by atoms with van der Waals surface area (Å²) in [6.07, 6.45) is 3.98. The highest BCUT2D eigenvalue weighted by molar-refractivity contribution is 7.91. The Balaban J connectivity index is 2.06. The second-order valence-electron chi connectivity index (χ2n) is 6.23. The summed E-state index contributed by atoms with van der Waals surface area (Å²) in [5, 5.41) is 9.92. The summed E-state index contributed by atoms with van der Waals surface area (Å²) in [6, 6.07) is 5.68. The largest absolute Gasteiger partial charge is 0.387 e. The average molecular weight is 329 g/mol. The Morgan fingerprint density at radius 1 is 1.27 bits per heavy atom. The zero-order valence-electron chi connectivity index (χ0n) is 13.1. The Morgan fingerprint density at radius 2 is 1.86 bits per heavy atom. The van der Waals surface area contributed by atoms with Crippen LogP contribution in [0.5, 0.6) is 0 Å². The molecule has 0 bridgehead atoms. The Kier molecular flexibility index (Phi) is 5.58. The zero-order valence-corrected chi connectivity index (χ0v) is 13.9. The molecule has 4 nitrogen and oxygen atoms in total.